The molecule has 1 aromatic heterocycles. The summed E-state index contributed by atoms with van der Waals surface area (Å²) in [6.45, 7) is 0. The maximum Gasteiger partial charge on any atom is 0.0941 e. The summed E-state index contributed by atoms with van der Waals surface area (Å²) in [5.41, 5.74) is 0. The topological polar surface area (TPSA) is 0 Å². The van der Waals surface area contributed by atoms with Crippen molar-refractivity contribution in [1.82, 2.24) is 0 Å². The third-order valence-corrected chi connectivity index (χ3v) is 5.73. The molecule has 1 aromatic carbocycles. The zero-order chi connectivity index (χ0) is 8.72. The molecule has 0 aliphatic heterocycles. The Kier molecular flexibility index (Phi) is 2.65. The molecule has 0 aliphatic rings. The van der Waals surface area contributed by atoms with Gasteiger partial charge >= 0.3 is 0 Å². The molecule has 1 heterocycles. The predicted molar refractivity (Wildman–Crippen MR) is 67.3 cm³/mol. The standard InChI is InChI=1S/C8H3BrClIS/c9-5-2-1-4-3-6(10)12-8(4)7(5)11/h1-3H. The molecular formula is C8H3BrClIS. The van der Waals surface area contributed by atoms with Crippen LogP contribution >= 0.6 is 61.5 Å². The van der Waals surface area contributed by atoms with E-state index in [1.165, 1.54) is 13.7 Å². The van der Waals surface area contributed by atoms with Crippen LogP contribution in [0, 0.1) is 3.57 Å². The summed E-state index contributed by atoms with van der Waals surface area (Å²) in [5, 5.41) is 1.22. The van der Waals surface area contributed by atoms with Gasteiger partial charge in [-0.1, -0.05) is 17.7 Å². The summed E-state index contributed by atoms with van der Waals surface area (Å²) < 4.78 is 4.48. The van der Waals surface area contributed by atoms with Crippen LogP contribution in [0.2, 0.25) is 4.34 Å². The normalized spacial score (nSPS) is 10.9. The lowest BCUT2D eigenvalue weighted by atomic mass is 10.3. The molecule has 0 nitrogen and oxygen atoms in total. The Labute approximate surface area is 101 Å². The molecule has 0 spiro atoms. The molecule has 0 saturated heterocycles. The molecule has 0 fully saturated rings. The summed E-state index contributed by atoms with van der Waals surface area (Å²) in [4.78, 5) is 0. The van der Waals surface area contributed by atoms with Gasteiger partial charge < -0.3 is 0 Å². The van der Waals surface area contributed by atoms with E-state index in [1.807, 2.05) is 12.1 Å². The van der Waals surface area contributed by atoms with Crippen LogP contribution in [0.1, 0.15) is 0 Å². The van der Waals surface area contributed by atoms with Gasteiger partial charge in [0.05, 0.1) is 9.04 Å². The van der Waals surface area contributed by atoms with E-state index < -0.39 is 0 Å². The molecule has 0 bridgehead atoms. The van der Waals surface area contributed by atoms with Crippen LogP contribution in [0.5, 0.6) is 0 Å². The Morgan fingerprint density at radius 1 is 1.42 bits per heavy atom. The van der Waals surface area contributed by atoms with Crippen molar-refractivity contribution in [2.24, 2.45) is 0 Å². The summed E-state index contributed by atoms with van der Waals surface area (Å²) in [7, 11) is 0. The molecule has 2 rings (SSSR count). The molecule has 0 unspecified atom stereocenters. The predicted octanol–water partition coefficient (Wildman–Crippen LogP) is 4.92. The third kappa shape index (κ3) is 1.52. The fourth-order valence-electron chi connectivity index (χ4n) is 1.01. The second-order valence-electron chi connectivity index (χ2n) is 2.33. The lowest BCUT2D eigenvalue weighted by molar-refractivity contribution is 1.70. The first-order valence-corrected chi connectivity index (χ1v) is 6.28. The van der Waals surface area contributed by atoms with Gasteiger partial charge in [0.2, 0.25) is 0 Å². The molecule has 0 amide bonds. The highest BCUT2D eigenvalue weighted by Gasteiger charge is 2.05. The van der Waals surface area contributed by atoms with Gasteiger partial charge in [0.1, 0.15) is 0 Å². The Balaban J connectivity index is 2.89. The molecule has 2 aromatic rings. The number of rotatable bonds is 0. The Bertz CT molecular complexity index is 438. The number of hydrogen-bond acceptors (Lipinski definition) is 1. The molecule has 0 saturated carbocycles. The van der Waals surface area contributed by atoms with E-state index in [9.17, 15) is 0 Å². The van der Waals surface area contributed by atoms with Gasteiger partial charge in [-0.05, 0) is 56.0 Å². The summed E-state index contributed by atoms with van der Waals surface area (Å²) in [5.74, 6) is 0. The zero-order valence-corrected chi connectivity index (χ0v) is 11.1. The van der Waals surface area contributed by atoms with Crippen molar-refractivity contribution >= 4 is 71.5 Å². The highest BCUT2D eigenvalue weighted by atomic mass is 127. The first-order valence-electron chi connectivity index (χ1n) is 3.21. The Morgan fingerprint density at radius 3 is 2.92 bits per heavy atom. The van der Waals surface area contributed by atoms with Gasteiger partial charge in [-0.3, -0.25) is 0 Å². The zero-order valence-electron chi connectivity index (χ0n) is 5.77. The highest BCUT2D eigenvalue weighted by molar-refractivity contribution is 14.1. The number of halogens is 3. The van der Waals surface area contributed by atoms with Crippen molar-refractivity contribution in [3.8, 4) is 0 Å². The van der Waals surface area contributed by atoms with Gasteiger partial charge in [-0.2, -0.15) is 0 Å². The molecule has 0 radical (unpaired) electrons. The first-order chi connectivity index (χ1) is 5.68. The number of thiophene rings is 1. The van der Waals surface area contributed by atoms with Crippen LogP contribution in [0.4, 0.5) is 0 Å². The van der Waals surface area contributed by atoms with Crippen molar-refractivity contribution in [1.29, 1.82) is 0 Å². The average molecular weight is 373 g/mol. The summed E-state index contributed by atoms with van der Waals surface area (Å²) in [6, 6.07) is 6.12. The quantitative estimate of drug-likeness (QED) is 0.575. The van der Waals surface area contributed by atoms with Crippen LogP contribution in [0.3, 0.4) is 0 Å². The van der Waals surface area contributed by atoms with Gasteiger partial charge in [-0.15, -0.1) is 11.3 Å². The second-order valence-corrected chi connectivity index (χ2v) is 5.95. The fourth-order valence-corrected chi connectivity index (χ4v) is 3.47. The van der Waals surface area contributed by atoms with E-state index in [0.717, 1.165) is 8.81 Å². The van der Waals surface area contributed by atoms with E-state index in [0.29, 0.717) is 0 Å². The number of benzene rings is 1. The number of fused-ring (bicyclic) bond motifs is 1. The monoisotopic (exact) mass is 372 g/mol. The minimum atomic E-state index is 0.848. The minimum Gasteiger partial charge on any atom is -0.122 e. The molecule has 62 valence electrons. The van der Waals surface area contributed by atoms with Crippen LogP contribution in [-0.4, -0.2) is 0 Å². The molecule has 0 aliphatic carbocycles. The number of hydrogen-bond donors (Lipinski definition) is 0. The Morgan fingerprint density at radius 2 is 2.17 bits per heavy atom. The van der Waals surface area contributed by atoms with Crippen molar-refractivity contribution in [3.05, 3.63) is 30.6 Å². The second kappa shape index (κ2) is 3.44. The SMILES string of the molecule is Clc1cc2ccc(Br)c(I)c2s1. The highest BCUT2D eigenvalue weighted by Crippen LogP contribution is 2.35. The lowest BCUT2D eigenvalue weighted by Crippen LogP contribution is -1.72. The molecule has 12 heavy (non-hydrogen) atoms. The fraction of sp³-hybridized carbons (Fsp3) is 0. The van der Waals surface area contributed by atoms with Crippen molar-refractivity contribution in [3.63, 3.8) is 0 Å². The molecular weight excluding hydrogens is 370 g/mol. The van der Waals surface area contributed by atoms with Crippen LogP contribution in [0.15, 0.2) is 22.7 Å². The Hall–Kier alpha value is 0.680. The van der Waals surface area contributed by atoms with E-state index >= 15 is 0 Å². The van der Waals surface area contributed by atoms with Gasteiger partial charge in [-0.25, -0.2) is 0 Å². The van der Waals surface area contributed by atoms with Crippen LogP contribution in [-0.2, 0) is 0 Å². The first kappa shape index (κ1) is 9.24. The summed E-state index contributed by atoms with van der Waals surface area (Å²) in [6.07, 6.45) is 0. The third-order valence-electron chi connectivity index (χ3n) is 1.55. The van der Waals surface area contributed by atoms with E-state index in [1.54, 1.807) is 11.3 Å². The molecule has 0 N–H and O–H groups in total. The van der Waals surface area contributed by atoms with Crippen LogP contribution < -0.4 is 0 Å². The van der Waals surface area contributed by atoms with Crippen molar-refractivity contribution < 1.29 is 0 Å². The smallest absolute Gasteiger partial charge is 0.0941 e. The van der Waals surface area contributed by atoms with Crippen molar-refractivity contribution in [2.75, 3.05) is 0 Å². The van der Waals surface area contributed by atoms with E-state index in [4.69, 9.17) is 11.6 Å². The molecule has 0 atom stereocenters. The van der Waals surface area contributed by atoms with Gasteiger partial charge in [0.15, 0.2) is 0 Å². The van der Waals surface area contributed by atoms with Gasteiger partial charge in [0.25, 0.3) is 0 Å². The average Bonchev–Trinajstić information content (AvgIpc) is 2.39. The van der Waals surface area contributed by atoms with Crippen LogP contribution in [0.25, 0.3) is 10.1 Å². The minimum absolute atomic E-state index is 0.848. The van der Waals surface area contributed by atoms with E-state index in [-0.39, 0.29) is 0 Å². The van der Waals surface area contributed by atoms with E-state index in [2.05, 4.69) is 44.6 Å². The van der Waals surface area contributed by atoms with Gasteiger partial charge in [0, 0.05) is 8.04 Å². The largest absolute Gasteiger partial charge is 0.122 e. The lowest BCUT2D eigenvalue weighted by Gasteiger charge is -1.95. The summed E-state index contributed by atoms with van der Waals surface area (Å²) >= 11 is 13.3. The maximum atomic E-state index is 5.91. The molecule has 4 heteroatoms. The van der Waals surface area contributed by atoms with Crippen molar-refractivity contribution in [2.45, 2.75) is 0 Å². The maximum absolute atomic E-state index is 5.91.